The highest BCUT2D eigenvalue weighted by atomic mass is 16.5. The molecule has 94 valence electrons. The molecule has 0 fully saturated rings. The number of rotatable bonds is 7. The van der Waals surface area contributed by atoms with E-state index >= 15 is 0 Å². The van der Waals surface area contributed by atoms with E-state index in [0.717, 1.165) is 0 Å². The molecular weight excluding hydrogens is 224 g/mol. The van der Waals surface area contributed by atoms with E-state index in [2.05, 4.69) is 0 Å². The normalized spacial score (nSPS) is 10.0. The first kappa shape index (κ1) is 13.3. The van der Waals surface area contributed by atoms with Crippen molar-refractivity contribution in [1.82, 2.24) is 0 Å². The Morgan fingerprint density at radius 2 is 2.06 bits per heavy atom. The highest BCUT2D eigenvalue weighted by Crippen LogP contribution is 2.31. The maximum atomic E-state index is 11.0. The molecule has 0 saturated carbocycles. The van der Waals surface area contributed by atoms with Gasteiger partial charge in [0.15, 0.2) is 11.5 Å². The van der Waals surface area contributed by atoms with Crippen molar-refractivity contribution in [2.75, 3.05) is 26.9 Å². The molecule has 0 amide bonds. The fourth-order valence-electron chi connectivity index (χ4n) is 1.33. The summed E-state index contributed by atoms with van der Waals surface area (Å²) in [6.45, 7) is 2.94. The van der Waals surface area contributed by atoms with Gasteiger partial charge in [0, 0.05) is 7.11 Å². The summed E-state index contributed by atoms with van der Waals surface area (Å²) in [7, 11) is 1.55. The lowest BCUT2D eigenvalue weighted by atomic mass is 10.2. The predicted octanol–water partition coefficient (Wildman–Crippen LogP) is 1.81. The average molecular weight is 240 g/mol. The molecule has 1 aromatic carbocycles. The molecule has 0 aliphatic carbocycles. The van der Waals surface area contributed by atoms with E-state index in [-0.39, 0.29) is 17.9 Å². The van der Waals surface area contributed by atoms with E-state index in [9.17, 15) is 4.79 Å². The zero-order valence-corrected chi connectivity index (χ0v) is 9.93. The minimum absolute atomic E-state index is 0.0899. The highest BCUT2D eigenvalue weighted by Gasteiger charge is 2.16. The minimum Gasteiger partial charge on any atom is -0.490 e. The van der Waals surface area contributed by atoms with Gasteiger partial charge in [0.25, 0.3) is 0 Å². The Morgan fingerprint density at radius 1 is 1.29 bits per heavy atom. The number of carbonyl (C=O) groups is 1. The van der Waals surface area contributed by atoms with Crippen LogP contribution in [0.15, 0.2) is 18.2 Å². The second kappa shape index (κ2) is 6.75. The van der Waals surface area contributed by atoms with Crippen molar-refractivity contribution in [3.63, 3.8) is 0 Å². The van der Waals surface area contributed by atoms with Gasteiger partial charge in [-0.3, -0.25) is 0 Å². The van der Waals surface area contributed by atoms with E-state index in [0.29, 0.717) is 19.0 Å². The van der Waals surface area contributed by atoms with Crippen molar-refractivity contribution in [3.8, 4) is 11.5 Å². The molecule has 0 saturated heterocycles. The molecule has 0 radical (unpaired) electrons. The smallest absolute Gasteiger partial charge is 0.339 e. The van der Waals surface area contributed by atoms with Crippen molar-refractivity contribution in [2.24, 2.45) is 0 Å². The Kier molecular flexibility index (Phi) is 5.29. The van der Waals surface area contributed by atoms with Crippen molar-refractivity contribution in [3.05, 3.63) is 23.8 Å². The van der Waals surface area contributed by atoms with Crippen LogP contribution in [0.2, 0.25) is 0 Å². The summed E-state index contributed by atoms with van der Waals surface area (Å²) in [4.78, 5) is 11.0. The lowest BCUT2D eigenvalue weighted by Gasteiger charge is -2.13. The molecule has 0 bridgehead atoms. The molecular formula is C12H16O5. The van der Waals surface area contributed by atoms with Gasteiger partial charge in [-0.1, -0.05) is 6.07 Å². The van der Waals surface area contributed by atoms with Crippen molar-refractivity contribution >= 4 is 5.97 Å². The monoisotopic (exact) mass is 240 g/mol. The number of methoxy groups -OCH3 is 1. The van der Waals surface area contributed by atoms with Gasteiger partial charge in [0.2, 0.25) is 0 Å². The molecule has 0 heterocycles. The van der Waals surface area contributed by atoms with Crippen LogP contribution in [0.4, 0.5) is 0 Å². The van der Waals surface area contributed by atoms with E-state index in [1.54, 1.807) is 19.2 Å². The zero-order valence-electron chi connectivity index (χ0n) is 9.93. The minimum atomic E-state index is -1.04. The van der Waals surface area contributed by atoms with Gasteiger partial charge in [0.1, 0.15) is 12.2 Å². The van der Waals surface area contributed by atoms with Crippen LogP contribution in [-0.4, -0.2) is 38.0 Å². The summed E-state index contributed by atoms with van der Waals surface area (Å²) in [6, 6.07) is 4.78. The van der Waals surface area contributed by atoms with Gasteiger partial charge in [0.05, 0.1) is 13.2 Å². The Hall–Kier alpha value is -1.75. The van der Waals surface area contributed by atoms with Crippen LogP contribution in [0.1, 0.15) is 17.3 Å². The van der Waals surface area contributed by atoms with E-state index in [4.69, 9.17) is 19.3 Å². The number of ether oxygens (including phenoxy) is 3. The number of hydrogen-bond donors (Lipinski definition) is 1. The first-order valence-electron chi connectivity index (χ1n) is 5.31. The molecule has 0 unspecified atom stereocenters. The number of para-hydroxylation sites is 1. The van der Waals surface area contributed by atoms with Gasteiger partial charge in [-0.05, 0) is 19.1 Å². The Labute approximate surface area is 99.9 Å². The SMILES string of the molecule is CCOc1cccc(C(=O)O)c1OCCOC. The first-order chi connectivity index (χ1) is 8.20. The number of benzene rings is 1. The average Bonchev–Trinajstić information content (AvgIpc) is 2.31. The van der Waals surface area contributed by atoms with Crippen molar-refractivity contribution in [2.45, 2.75) is 6.92 Å². The summed E-state index contributed by atoms with van der Waals surface area (Å²) in [5.41, 5.74) is 0.0899. The second-order valence-electron chi connectivity index (χ2n) is 3.21. The number of carboxylic acids is 1. The Morgan fingerprint density at radius 3 is 2.65 bits per heavy atom. The van der Waals surface area contributed by atoms with Gasteiger partial charge >= 0.3 is 5.97 Å². The van der Waals surface area contributed by atoms with Crippen LogP contribution in [0, 0.1) is 0 Å². The van der Waals surface area contributed by atoms with Crippen molar-refractivity contribution in [1.29, 1.82) is 0 Å². The Bertz CT molecular complexity index is 375. The molecule has 0 aliphatic heterocycles. The van der Waals surface area contributed by atoms with E-state index < -0.39 is 5.97 Å². The van der Waals surface area contributed by atoms with Crippen LogP contribution in [0.5, 0.6) is 11.5 Å². The van der Waals surface area contributed by atoms with E-state index in [1.807, 2.05) is 6.92 Å². The third-order valence-electron chi connectivity index (χ3n) is 2.04. The molecule has 17 heavy (non-hydrogen) atoms. The van der Waals surface area contributed by atoms with Crippen molar-refractivity contribution < 1.29 is 24.1 Å². The number of carboxylic acid groups (broad SMARTS) is 1. The van der Waals surface area contributed by atoms with Crippen LogP contribution >= 0.6 is 0 Å². The van der Waals surface area contributed by atoms with Gasteiger partial charge in [-0.25, -0.2) is 4.79 Å². The maximum absolute atomic E-state index is 11.0. The lowest BCUT2D eigenvalue weighted by molar-refractivity contribution is 0.0688. The summed E-state index contributed by atoms with van der Waals surface area (Å²) >= 11 is 0. The van der Waals surface area contributed by atoms with E-state index in [1.165, 1.54) is 6.07 Å². The maximum Gasteiger partial charge on any atom is 0.339 e. The largest absolute Gasteiger partial charge is 0.490 e. The summed E-state index contributed by atoms with van der Waals surface area (Å²) in [5, 5.41) is 9.05. The topological polar surface area (TPSA) is 65.0 Å². The molecule has 0 atom stereocenters. The summed E-state index contributed by atoms with van der Waals surface area (Å²) in [6.07, 6.45) is 0. The quantitative estimate of drug-likeness (QED) is 0.736. The molecule has 1 aromatic rings. The van der Waals surface area contributed by atoms with Crippen LogP contribution in [0.3, 0.4) is 0 Å². The van der Waals surface area contributed by atoms with Gasteiger partial charge in [-0.2, -0.15) is 0 Å². The highest BCUT2D eigenvalue weighted by molar-refractivity contribution is 5.92. The predicted molar refractivity (Wildman–Crippen MR) is 61.9 cm³/mol. The molecule has 1 N–H and O–H groups in total. The van der Waals surface area contributed by atoms with Crippen LogP contribution in [0.25, 0.3) is 0 Å². The third kappa shape index (κ3) is 3.64. The van der Waals surface area contributed by atoms with Crippen LogP contribution in [-0.2, 0) is 4.74 Å². The number of aromatic carboxylic acids is 1. The molecule has 1 rings (SSSR count). The second-order valence-corrected chi connectivity index (χ2v) is 3.21. The fourth-order valence-corrected chi connectivity index (χ4v) is 1.33. The first-order valence-corrected chi connectivity index (χ1v) is 5.31. The lowest BCUT2D eigenvalue weighted by Crippen LogP contribution is -2.10. The fraction of sp³-hybridized carbons (Fsp3) is 0.417. The standard InChI is InChI=1S/C12H16O5/c1-3-16-10-6-4-5-9(12(13)14)11(10)17-8-7-15-2/h4-6H,3,7-8H2,1-2H3,(H,13,14). The molecule has 0 aromatic heterocycles. The Balaban J connectivity index is 2.96. The molecule has 0 spiro atoms. The third-order valence-corrected chi connectivity index (χ3v) is 2.04. The summed E-state index contributed by atoms with van der Waals surface area (Å²) in [5.74, 6) is -0.360. The molecule has 5 nitrogen and oxygen atoms in total. The van der Waals surface area contributed by atoms with Crippen LogP contribution < -0.4 is 9.47 Å². The van der Waals surface area contributed by atoms with Gasteiger partial charge < -0.3 is 19.3 Å². The zero-order chi connectivity index (χ0) is 12.7. The summed E-state index contributed by atoms with van der Waals surface area (Å²) < 4.78 is 15.6. The van der Waals surface area contributed by atoms with Gasteiger partial charge in [-0.15, -0.1) is 0 Å². The number of hydrogen-bond acceptors (Lipinski definition) is 4. The molecule has 0 aliphatic rings. The molecule has 5 heteroatoms.